The second-order valence-corrected chi connectivity index (χ2v) is 10.8. The van der Waals surface area contributed by atoms with Crippen molar-refractivity contribution in [3.8, 4) is 0 Å². The van der Waals surface area contributed by atoms with Crippen LogP contribution in [0.5, 0.6) is 0 Å². The molecule has 1 aliphatic carbocycles. The number of carbonyl (C=O) groups excluding carboxylic acids is 1. The molecule has 1 N–H and O–H groups in total. The van der Waals surface area contributed by atoms with E-state index < -0.39 is 37.7 Å². The maximum absolute atomic E-state index is 13.2. The van der Waals surface area contributed by atoms with E-state index in [1.54, 1.807) is 0 Å². The third kappa shape index (κ3) is 4.62. The molecule has 2 aromatic rings. The number of nitrogens with one attached hydrogen (secondary N) is 1. The predicted molar refractivity (Wildman–Crippen MR) is 109 cm³/mol. The highest BCUT2D eigenvalue weighted by molar-refractivity contribution is 7.92. The molecule has 0 bridgehead atoms. The number of nitrogens with zero attached hydrogens (tertiary/aromatic N) is 2. The smallest absolute Gasteiger partial charge is 0.252 e. The Morgan fingerprint density at radius 3 is 2.67 bits per heavy atom. The van der Waals surface area contributed by atoms with Gasteiger partial charge in [0.1, 0.15) is 6.04 Å². The lowest BCUT2D eigenvalue weighted by Crippen LogP contribution is -2.35. The molecule has 0 spiro atoms. The Morgan fingerprint density at radius 1 is 1.33 bits per heavy atom. The number of aromatic nitrogens is 2. The molecule has 3 heterocycles. The molecule has 11 heteroatoms. The summed E-state index contributed by atoms with van der Waals surface area (Å²) in [5, 5.41) is 1.73. The normalized spacial score (nSPS) is 18.8. The number of hydrogen-bond donors (Lipinski definition) is 1. The number of amides is 1. The van der Waals surface area contributed by atoms with Gasteiger partial charge in [-0.05, 0) is 44.1 Å². The summed E-state index contributed by atoms with van der Waals surface area (Å²) in [5.41, 5.74) is -0.561. The van der Waals surface area contributed by atoms with Crippen molar-refractivity contribution in [2.45, 2.75) is 48.3 Å². The van der Waals surface area contributed by atoms with Crippen LogP contribution in [0, 0.1) is 11.0 Å². The highest BCUT2D eigenvalue weighted by Crippen LogP contribution is 2.33. The molecular formula is C19H22FN3O5S2. The Balaban J connectivity index is 1.62. The summed E-state index contributed by atoms with van der Waals surface area (Å²) < 4.78 is 44.7. The molecule has 1 saturated carbocycles. The summed E-state index contributed by atoms with van der Waals surface area (Å²) >= 11 is 0.698. The number of carbonyl (C=O) groups is 1. The topological polar surface area (TPSA) is 107 Å². The average Bonchev–Trinajstić information content (AvgIpc) is 3.51. The van der Waals surface area contributed by atoms with Gasteiger partial charge in [0, 0.05) is 25.5 Å². The number of hydrogen-bond acceptors (Lipinski definition) is 7. The summed E-state index contributed by atoms with van der Waals surface area (Å²) in [6.45, 7) is 1.17. The molecule has 0 aromatic carbocycles. The van der Waals surface area contributed by atoms with E-state index in [0.29, 0.717) is 43.8 Å². The van der Waals surface area contributed by atoms with E-state index in [-0.39, 0.29) is 15.9 Å². The van der Waals surface area contributed by atoms with Crippen molar-refractivity contribution in [2.24, 2.45) is 5.92 Å². The second kappa shape index (κ2) is 8.56. The monoisotopic (exact) mass is 455 g/mol. The molecule has 1 saturated heterocycles. The van der Waals surface area contributed by atoms with E-state index in [1.165, 1.54) is 16.8 Å². The van der Waals surface area contributed by atoms with Crippen molar-refractivity contribution < 1.29 is 22.3 Å². The number of ether oxygens (including phenoxy) is 1. The zero-order valence-electron chi connectivity index (χ0n) is 16.1. The van der Waals surface area contributed by atoms with E-state index in [4.69, 9.17) is 4.74 Å². The summed E-state index contributed by atoms with van der Waals surface area (Å²) in [5.74, 6) is -0.319. The van der Waals surface area contributed by atoms with Gasteiger partial charge in [-0.15, -0.1) is 0 Å². The van der Waals surface area contributed by atoms with Crippen molar-refractivity contribution in [2.75, 3.05) is 18.5 Å². The molecule has 1 amide bonds. The van der Waals surface area contributed by atoms with Gasteiger partial charge in [0.2, 0.25) is 5.91 Å². The number of sulfone groups is 1. The van der Waals surface area contributed by atoms with Crippen LogP contribution in [0.15, 0.2) is 34.2 Å². The zero-order chi connectivity index (χ0) is 21.3. The first kappa shape index (κ1) is 21.1. The molecular weight excluding hydrogens is 433 g/mol. The van der Waals surface area contributed by atoms with E-state index in [1.807, 2.05) is 0 Å². The molecule has 1 aliphatic heterocycles. The van der Waals surface area contributed by atoms with Gasteiger partial charge in [0.15, 0.2) is 20.1 Å². The Kier molecular flexibility index (Phi) is 6.03. The lowest BCUT2D eigenvalue weighted by molar-refractivity contribution is -0.120. The van der Waals surface area contributed by atoms with Crippen LogP contribution in [-0.4, -0.2) is 42.3 Å². The minimum Gasteiger partial charge on any atom is -0.381 e. The summed E-state index contributed by atoms with van der Waals surface area (Å²) in [6.07, 6.45) is 5.49. The fraction of sp³-hybridized carbons (Fsp3) is 0.526. The van der Waals surface area contributed by atoms with Gasteiger partial charge >= 0.3 is 0 Å². The fourth-order valence-corrected chi connectivity index (χ4v) is 5.83. The van der Waals surface area contributed by atoms with Crippen LogP contribution in [0.25, 0.3) is 0 Å². The van der Waals surface area contributed by atoms with Gasteiger partial charge in [0.25, 0.3) is 5.56 Å². The van der Waals surface area contributed by atoms with E-state index in [9.17, 15) is 22.4 Å². The van der Waals surface area contributed by atoms with Crippen molar-refractivity contribution in [1.82, 2.24) is 9.55 Å². The van der Waals surface area contributed by atoms with Crippen LogP contribution < -0.4 is 10.9 Å². The van der Waals surface area contributed by atoms with Crippen LogP contribution >= 0.6 is 11.3 Å². The van der Waals surface area contributed by atoms with Crippen LogP contribution in [0.2, 0.25) is 0 Å². The van der Waals surface area contributed by atoms with E-state index in [2.05, 4.69) is 10.3 Å². The first-order valence-corrected chi connectivity index (χ1v) is 12.2. The molecule has 2 aromatic heterocycles. The molecule has 30 heavy (non-hydrogen) atoms. The Labute approximate surface area is 177 Å². The fourth-order valence-electron chi connectivity index (χ4n) is 3.62. The van der Waals surface area contributed by atoms with Crippen LogP contribution in [0.4, 0.5) is 9.52 Å². The van der Waals surface area contributed by atoms with Crippen molar-refractivity contribution >= 4 is 32.2 Å². The Morgan fingerprint density at radius 2 is 2.07 bits per heavy atom. The number of rotatable bonds is 7. The molecule has 4 rings (SSSR count). The van der Waals surface area contributed by atoms with Gasteiger partial charge in [-0.2, -0.15) is 4.39 Å². The number of halogens is 1. The first-order chi connectivity index (χ1) is 14.3. The third-order valence-electron chi connectivity index (χ3n) is 5.45. The summed E-state index contributed by atoms with van der Waals surface area (Å²) in [4.78, 5) is 29.6. The van der Waals surface area contributed by atoms with Gasteiger partial charge in [-0.25, -0.2) is 13.4 Å². The van der Waals surface area contributed by atoms with Gasteiger partial charge in [0.05, 0.1) is 16.3 Å². The van der Waals surface area contributed by atoms with E-state index >= 15 is 0 Å². The van der Waals surface area contributed by atoms with Crippen molar-refractivity contribution in [1.29, 1.82) is 0 Å². The minimum absolute atomic E-state index is 0.0153. The molecule has 8 nitrogen and oxygen atoms in total. The quantitative estimate of drug-likeness (QED) is 0.687. The third-order valence-corrected chi connectivity index (χ3v) is 8.42. The van der Waals surface area contributed by atoms with Crippen LogP contribution in [0.3, 0.4) is 0 Å². The molecule has 0 unspecified atom stereocenters. The molecule has 1 atom stereocenters. The largest absolute Gasteiger partial charge is 0.381 e. The van der Waals surface area contributed by atoms with Gasteiger partial charge in [-0.1, -0.05) is 11.3 Å². The highest BCUT2D eigenvalue weighted by atomic mass is 32.2. The zero-order valence-corrected chi connectivity index (χ0v) is 17.8. The first-order valence-electron chi connectivity index (χ1n) is 9.80. The van der Waals surface area contributed by atoms with Crippen molar-refractivity contribution in [3.05, 3.63) is 40.0 Å². The molecule has 0 radical (unpaired) electrons. The molecule has 162 valence electrons. The van der Waals surface area contributed by atoms with Gasteiger partial charge < -0.3 is 14.6 Å². The lowest BCUT2D eigenvalue weighted by atomic mass is 9.92. The summed E-state index contributed by atoms with van der Waals surface area (Å²) in [6, 6.07) is 1.59. The maximum Gasteiger partial charge on any atom is 0.252 e. The van der Waals surface area contributed by atoms with E-state index in [0.717, 1.165) is 25.1 Å². The Hall–Kier alpha value is -2.11. The minimum atomic E-state index is -3.50. The average molecular weight is 456 g/mol. The standard InChI is InChI=1S/C19H22FN3O5S2/c20-16-11-21-19(29-16)22-18(25)15(9-12-4-7-28-8-5-12)23-6-3-14(10-17(23)24)30(26,27)13-1-2-13/h3,6,10-13,15H,1-2,4-5,7-9H2,(H,21,22,25)/t15-/m1/s1. The second-order valence-electron chi connectivity index (χ2n) is 7.62. The number of anilines is 1. The van der Waals surface area contributed by atoms with Gasteiger partial charge in [-0.3, -0.25) is 9.59 Å². The number of pyridine rings is 1. The Bertz CT molecular complexity index is 1090. The highest BCUT2D eigenvalue weighted by Gasteiger charge is 2.37. The predicted octanol–water partition coefficient (Wildman–Crippen LogP) is 2.38. The number of thiazole rings is 1. The van der Waals surface area contributed by atoms with Crippen molar-refractivity contribution in [3.63, 3.8) is 0 Å². The lowest BCUT2D eigenvalue weighted by Gasteiger charge is -2.27. The SMILES string of the molecule is O=C(Nc1ncc(F)s1)[C@@H](CC1CCOCC1)n1ccc(S(=O)(=O)C2CC2)cc1=O. The summed E-state index contributed by atoms with van der Waals surface area (Å²) in [7, 11) is -3.50. The molecule has 2 aliphatic rings. The van der Waals surface area contributed by atoms with Crippen LogP contribution in [0.1, 0.15) is 38.1 Å². The molecule has 2 fully saturated rings. The van der Waals surface area contributed by atoms with Crippen LogP contribution in [-0.2, 0) is 19.4 Å². The maximum atomic E-state index is 13.2.